The van der Waals surface area contributed by atoms with Crippen molar-refractivity contribution in [3.63, 3.8) is 0 Å². The maximum Gasteiger partial charge on any atom is 0.139 e. The number of hydrogen-bond donors (Lipinski definition) is 1. The van der Waals surface area contributed by atoms with E-state index < -0.39 is 0 Å². The molecule has 1 aliphatic carbocycles. The van der Waals surface area contributed by atoms with Crippen molar-refractivity contribution < 1.29 is 4.74 Å². The largest absolute Gasteiger partial charge is 0.492 e. The fourth-order valence-electron chi connectivity index (χ4n) is 1.93. The standard InChI is InChI=1S/C13H17Cl2NO/c1-2-17-13-7-10(14)9(6-11(13)15)12(16)5-8-3-4-8/h6-8,12H,2-5,16H2,1H3. The van der Waals surface area contributed by atoms with Crippen LogP contribution in [0, 0.1) is 5.92 Å². The Morgan fingerprint density at radius 2 is 2.06 bits per heavy atom. The molecule has 1 aliphatic rings. The Balaban J connectivity index is 2.18. The van der Waals surface area contributed by atoms with Gasteiger partial charge in [-0.05, 0) is 30.9 Å². The molecule has 1 aromatic rings. The number of nitrogens with two attached hydrogens (primary N) is 1. The van der Waals surface area contributed by atoms with Gasteiger partial charge in [0.15, 0.2) is 0 Å². The summed E-state index contributed by atoms with van der Waals surface area (Å²) in [5.74, 6) is 1.40. The Morgan fingerprint density at radius 1 is 1.35 bits per heavy atom. The zero-order valence-corrected chi connectivity index (χ0v) is 11.4. The average Bonchev–Trinajstić information content (AvgIpc) is 3.07. The normalized spacial score (nSPS) is 16.9. The highest BCUT2D eigenvalue weighted by atomic mass is 35.5. The van der Waals surface area contributed by atoms with Crippen LogP contribution in [0.4, 0.5) is 0 Å². The number of ether oxygens (including phenoxy) is 1. The first-order valence-corrected chi connectivity index (χ1v) is 6.74. The van der Waals surface area contributed by atoms with Crippen molar-refractivity contribution in [3.05, 3.63) is 27.7 Å². The lowest BCUT2D eigenvalue weighted by molar-refractivity contribution is 0.340. The zero-order chi connectivity index (χ0) is 12.4. The van der Waals surface area contributed by atoms with Crippen molar-refractivity contribution in [2.24, 2.45) is 11.7 Å². The molecule has 0 amide bonds. The van der Waals surface area contributed by atoms with Gasteiger partial charge < -0.3 is 10.5 Å². The second kappa shape index (κ2) is 5.47. The first-order chi connectivity index (χ1) is 8.11. The molecular weight excluding hydrogens is 257 g/mol. The summed E-state index contributed by atoms with van der Waals surface area (Å²) < 4.78 is 5.39. The summed E-state index contributed by atoms with van der Waals surface area (Å²) in [4.78, 5) is 0. The molecule has 2 nitrogen and oxygen atoms in total. The first-order valence-electron chi connectivity index (χ1n) is 5.99. The molecule has 2 rings (SSSR count). The molecule has 0 aliphatic heterocycles. The number of rotatable bonds is 5. The fourth-order valence-corrected chi connectivity index (χ4v) is 2.45. The molecule has 94 valence electrons. The molecule has 1 unspecified atom stereocenters. The van der Waals surface area contributed by atoms with Crippen LogP contribution in [0.5, 0.6) is 5.75 Å². The van der Waals surface area contributed by atoms with Crippen LogP contribution >= 0.6 is 23.2 Å². The van der Waals surface area contributed by atoms with Gasteiger partial charge >= 0.3 is 0 Å². The van der Waals surface area contributed by atoms with Gasteiger partial charge in [0.1, 0.15) is 5.75 Å². The van der Waals surface area contributed by atoms with Crippen LogP contribution in [0.2, 0.25) is 10.0 Å². The molecule has 0 radical (unpaired) electrons. The SMILES string of the molecule is CCOc1cc(Cl)c(C(N)CC2CC2)cc1Cl. The van der Waals surface area contributed by atoms with Gasteiger partial charge in [0, 0.05) is 17.1 Å². The lowest BCUT2D eigenvalue weighted by Crippen LogP contribution is -2.11. The highest BCUT2D eigenvalue weighted by Crippen LogP contribution is 2.40. The quantitative estimate of drug-likeness (QED) is 0.873. The van der Waals surface area contributed by atoms with E-state index in [-0.39, 0.29) is 6.04 Å². The molecule has 0 aromatic heterocycles. The van der Waals surface area contributed by atoms with E-state index in [1.165, 1.54) is 12.8 Å². The summed E-state index contributed by atoms with van der Waals surface area (Å²) in [6.45, 7) is 2.49. The Bertz CT molecular complexity index is 405. The molecule has 2 N–H and O–H groups in total. The predicted octanol–water partition coefficient (Wildman–Crippen LogP) is 4.19. The predicted molar refractivity (Wildman–Crippen MR) is 71.9 cm³/mol. The van der Waals surface area contributed by atoms with Gasteiger partial charge in [0.2, 0.25) is 0 Å². The van der Waals surface area contributed by atoms with Crippen molar-refractivity contribution in [3.8, 4) is 5.75 Å². The number of benzene rings is 1. The zero-order valence-electron chi connectivity index (χ0n) is 9.88. The molecule has 0 spiro atoms. The molecule has 0 saturated heterocycles. The topological polar surface area (TPSA) is 35.2 Å². The van der Waals surface area contributed by atoms with Crippen molar-refractivity contribution in [2.45, 2.75) is 32.2 Å². The van der Waals surface area contributed by atoms with E-state index in [4.69, 9.17) is 33.7 Å². The monoisotopic (exact) mass is 273 g/mol. The Kier molecular flexibility index (Phi) is 4.18. The van der Waals surface area contributed by atoms with Crippen LogP contribution in [0.1, 0.15) is 37.8 Å². The molecular formula is C13H17Cl2NO. The van der Waals surface area contributed by atoms with Gasteiger partial charge in [-0.3, -0.25) is 0 Å². The van der Waals surface area contributed by atoms with E-state index in [1.54, 1.807) is 6.07 Å². The first kappa shape index (κ1) is 13.0. The summed E-state index contributed by atoms with van der Waals surface area (Å²) in [6.07, 6.45) is 3.57. The smallest absolute Gasteiger partial charge is 0.139 e. The summed E-state index contributed by atoms with van der Waals surface area (Å²) in [5.41, 5.74) is 7.07. The van der Waals surface area contributed by atoms with Crippen LogP contribution in [0.15, 0.2) is 12.1 Å². The van der Waals surface area contributed by atoms with Gasteiger partial charge in [-0.15, -0.1) is 0 Å². The van der Waals surface area contributed by atoms with Crippen LogP contribution in [-0.4, -0.2) is 6.61 Å². The molecule has 1 aromatic carbocycles. The van der Waals surface area contributed by atoms with Crippen molar-refractivity contribution in [2.75, 3.05) is 6.61 Å². The van der Waals surface area contributed by atoms with Crippen molar-refractivity contribution in [1.29, 1.82) is 0 Å². The van der Waals surface area contributed by atoms with Gasteiger partial charge in [-0.2, -0.15) is 0 Å². The van der Waals surface area contributed by atoms with Crippen molar-refractivity contribution in [1.82, 2.24) is 0 Å². The highest BCUT2D eigenvalue weighted by Gasteiger charge is 2.25. The summed E-state index contributed by atoms with van der Waals surface area (Å²) in [6, 6.07) is 3.57. The minimum Gasteiger partial charge on any atom is -0.492 e. The Morgan fingerprint density at radius 3 is 2.65 bits per heavy atom. The Hall–Kier alpha value is -0.440. The third kappa shape index (κ3) is 3.27. The van der Waals surface area contributed by atoms with Gasteiger partial charge in [-0.25, -0.2) is 0 Å². The van der Waals surface area contributed by atoms with E-state index >= 15 is 0 Å². The summed E-state index contributed by atoms with van der Waals surface area (Å²) in [5, 5.41) is 1.23. The van der Waals surface area contributed by atoms with E-state index in [9.17, 15) is 0 Å². The second-order valence-electron chi connectivity index (χ2n) is 4.52. The maximum absolute atomic E-state index is 6.22. The number of halogens is 2. The van der Waals surface area contributed by atoms with E-state index in [2.05, 4.69) is 0 Å². The second-order valence-corrected chi connectivity index (χ2v) is 5.34. The molecule has 1 atom stereocenters. The molecule has 4 heteroatoms. The van der Waals surface area contributed by atoms with Crippen molar-refractivity contribution >= 4 is 23.2 Å². The van der Waals surface area contributed by atoms with Crippen LogP contribution in [-0.2, 0) is 0 Å². The third-order valence-electron chi connectivity index (χ3n) is 3.03. The van der Waals surface area contributed by atoms with Gasteiger partial charge in [0.05, 0.1) is 11.6 Å². The third-order valence-corrected chi connectivity index (χ3v) is 3.66. The molecule has 1 saturated carbocycles. The van der Waals surface area contributed by atoms with Gasteiger partial charge in [0.25, 0.3) is 0 Å². The maximum atomic E-state index is 6.22. The minimum absolute atomic E-state index is 0.0248. The van der Waals surface area contributed by atoms with Gasteiger partial charge in [-0.1, -0.05) is 36.0 Å². The van der Waals surface area contributed by atoms with E-state index in [0.717, 1.165) is 17.9 Å². The van der Waals surface area contributed by atoms with E-state index in [1.807, 2.05) is 13.0 Å². The fraction of sp³-hybridized carbons (Fsp3) is 0.538. The molecule has 17 heavy (non-hydrogen) atoms. The van der Waals surface area contributed by atoms with Crippen LogP contribution in [0.25, 0.3) is 0 Å². The lowest BCUT2D eigenvalue weighted by atomic mass is 10.0. The molecule has 1 fully saturated rings. The Labute approximate surface area is 112 Å². The van der Waals surface area contributed by atoms with Crippen LogP contribution in [0.3, 0.4) is 0 Å². The summed E-state index contributed by atoms with van der Waals surface area (Å²) >= 11 is 12.4. The highest BCUT2D eigenvalue weighted by molar-refractivity contribution is 6.34. The van der Waals surface area contributed by atoms with E-state index in [0.29, 0.717) is 22.4 Å². The molecule has 0 heterocycles. The summed E-state index contributed by atoms with van der Waals surface area (Å²) in [7, 11) is 0. The average molecular weight is 274 g/mol. The van der Waals surface area contributed by atoms with Crippen LogP contribution < -0.4 is 10.5 Å². The lowest BCUT2D eigenvalue weighted by Gasteiger charge is -2.15. The minimum atomic E-state index is -0.0248. The number of hydrogen-bond acceptors (Lipinski definition) is 2. The molecule has 0 bridgehead atoms.